The minimum Gasteiger partial charge on any atom is -0.337 e. The maximum Gasteiger partial charge on any atom is 0.250 e. The molecule has 0 spiro atoms. The number of anilines is 1. The smallest absolute Gasteiger partial charge is 0.250 e. The van der Waals surface area contributed by atoms with Gasteiger partial charge in [0.2, 0.25) is 10.7 Å². The van der Waals surface area contributed by atoms with Crippen LogP contribution < -0.4 is 4.90 Å². The lowest BCUT2D eigenvalue weighted by atomic mass is 10.3. The van der Waals surface area contributed by atoms with E-state index in [9.17, 15) is 0 Å². The highest BCUT2D eigenvalue weighted by Crippen LogP contribution is 2.40. The van der Waals surface area contributed by atoms with Gasteiger partial charge in [0.25, 0.3) is 0 Å². The van der Waals surface area contributed by atoms with Crippen LogP contribution in [0.1, 0.15) is 24.6 Å². The van der Waals surface area contributed by atoms with Crippen LogP contribution in [-0.2, 0) is 6.67 Å². The second kappa shape index (κ2) is 8.53. The second-order valence-corrected chi connectivity index (χ2v) is 8.92. The van der Waals surface area contributed by atoms with Gasteiger partial charge in [-0.2, -0.15) is 9.78 Å². The van der Waals surface area contributed by atoms with Crippen LogP contribution in [0, 0.1) is 4.77 Å². The summed E-state index contributed by atoms with van der Waals surface area (Å²) >= 11 is 5.87. The maximum atomic E-state index is 5.87. The highest BCUT2D eigenvalue weighted by Gasteiger charge is 2.31. The van der Waals surface area contributed by atoms with Gasteiger partial charge in [0.15, 0.2) is 0 Å². The molecule has 0 radical (unpaired) electrons. The number of hydrogen-bond acceptors (Lipinski definition) is 7. The third-order valence-corrected chi connectivity index (χ3v) is 6.66. The third kappa shape index (κ3) is 3.96. The molecule has 33 heavy (non-hydrogen) atoms. The van der Waals surface area contributed by atoms with Crippen molar-refractivity contribution < 1.29 is 0 Å². The predicted octanol–water partition coefficient (Wildman–Crippen LogP) is 3.04. The van der Waals surface area contributed by atoms with Gasteiger partial charge in [0, 0.05) is 37.8 Å². The molecule has 2 aromatic carbocycles. The summed E-state index contributed by atoms with van der Waals surface area (Å²) in [6.07, 6.45) is 2.38. The van der Waals surface area contributed by atoms with Gasteiger partial charge in [-0.15, -0.1) is 0 Å². The molecular formula is C23H25N9S. The van der Waals surface area contributed by atoms with E-state index in [1.165, 1.54) is 12.8 Å². The molecule has 168 valence electrons. The van der Waals surface area contributed by atoms with Crippen LogP contribution in [0.4, 0.5) is 5.95 Å². The highest BCUT2D eigenvalue weighted by atomic mass is 32.1. The molecule has 1 saturated heterocycles. The van der Waals surface area contributed by atoms with Crippen molar-refractivity contribution in [3.63, 3.8) is 0 Å². The molecule has 9 nitrogen and oxygen atoms in total. The average molecular weight is 460 g/mol. The van der Waals surface area contributed by atoms with Crippen LogP contribution in [0.3, 0.4) is 0 Å². The summed E-state index contributed by atoms with van der Waals surface area (Å²) in [6, 6.07) is 20.3. The van der Waals surface area contributed by atoms with Crippen LogP contribution in [0.15, 0.2) is 60.7 Å². The van der Waals surface area contributed by atoms with Crippen LogP contribution in [-0.4, -0.2) is 65.6 Å². The second-order valence-electron chi connectivity index (χ2n) is 8.56. The first-order valence-electron chi connectivity index (χ1n) is 11.3. The van der Waals surface area contributed by atoms with Crippen molar-refractivity contribution in [2.45, 2.75) is 25.4 Å². The number of piperazine rings is 1. The van der Waals surface area contributed by atoms with E-state index >= 15 is 0 Å². The molecule has 2 aliphatic rings. The SMILES string of the molecule is S=c1n(CN2CCN(c3nnnn3-c3ccccc3)CC2)nc(C2CC2)n1-c1ccccc1. The summed E-state index contributed by atoms with van der Waals surface area (Å²) in [4.78, 5) is 4.63. The predicted molar refractivity (Wildman–Crippen MR) is 127 cm³/mol. The molecule has 2 aromatic heterocycles. The fourth-order valence-electron chi connectivity index (χ4n) is 4.34. The first-order valence-corrected chi connectivity index (χ1v) is 11.7. The Hall–Kier alpha value is -3.37. The molecule has 10 heteroatoms. The normalized spacial score (nSPS) is 16.9. The molecule has 6 rings (SSSR count). The molecule has 0 atom stereocenters. The minimum absolute atomic E-state index is 0.516. The zero-order chi connectivity index (χ0) is 22.2. The first kappa shape index (κ1) is 20.3. The Balaban J connectivity index is 1.18. The summed E-state index contributed by atoms with van der Waals surface area (Å²) < 4.78 is 6.70. The zero-order valence-corrected chi connectivity index (χ0v) is 19.1. The Morgan fingerprint density at radius 2 is 1.52 bits per heavy atom. The number of aromatic nitrogens is 7. The number of para-hydroxylation sites is 2. The maximum absolute atomic E-state index is 5.87. The molecule has 3 heterocycles. The van der Waals surface area contributed by atoms with Gasteiger partial charge in [-0.05, 0) is 59.8 Å². The van der Waals surface area contributed by atoms with E-state index in [0.717, 1.165) is 54.1 Å². The molecule has 0 bridgehead atoms. The largest absolute Gasteiger partial charge is 0.337 e. The van der Waals surface area contributed by atoms with Crippen molar-refractivity contribution in [2.24, 2.45) is 0 Å². The summed E-state index contributed by atoms with van der Waals surface area (Å²) in [5, 5.41) is 17.3. The fourth-order valence-corrected chi connectivity index (χ4v) is 4.63. The van der Waals surface area contributed by atoms with Crippen molar-refractivity contribution in [3.05, 3.63) is 71.3 Å². The quantitative estimate of drug-likeness (QED) is 0.410. The molecule has 2 fully saturated rings. The van der Waals surface area contributed by atoms with Crippen LogP contribution >= 0.6 is 12.2 Å². The van der Waals surface area contributed by atoms with Crippen molar-refractivity contribution >= 4 is 18.2 Å². The number of hydrogen-bond donors (Lipinski definition) is 0. The standard InChI is InChI=1S/C23H25N9S/c33-23-30(25-21(18-11-12-18)31(23)19-7-3-1-4-8-19)17-28-13-15-29(16-14-28)22-24-26-27-32(22)20-9-5-2-6-10-20/h1-10,18H,11-17H2. The summed E-state index contributed by atoms with van der Waals surface area (Å²) in [5.41, 5.74) is 2.05. The van der Waals surface area contributed by atoms with E-state index in [-0.39, 0.29) is 0 Å². The van der Waals surface area contributed by atoms with Gasteiger partial charge in [-0.1, -0.05) is 41.5 Å². The molecule has 0 N–H and O–H groups in total. The van der Waals surface area contributed by atoms with Gasteiger partial charge < -0.3 is 4.90 Å². The lowest BCUT2D eigenvalue weighted by Gasteiger charge is -2.34. The molecule has 1 aliphatic carbocycles. The lowest BCUT2D eigenvalue weighted by Crippen LogP contribution is -2.47. The Bertz CT molecular complexity index is 1280. The third-order valence-electron chi connectivity index (χ3n) is 6.26. The topological polar surface area (TPSA) is 72.8 Å². The Kier molecular flexibility index (Phi) is 5.23. The first-order chi connectivity index (χ1) is 16.3. The molecular weight excluding hydrogens is 434 g/mol. The van der Waals surface area contributed by atoms with Crippen molar-refractivity contribution in [1.29, 1.82) is 0 Å². The zero-order valence-electron chi connectivity index (χ0n) is 18.2. The Morgan fingerprint density at radius 1 is 0.848 bits per heavy atom. The summed E-state index contributed by atoms with van der Waals surface area (Å²) in [5.74, 6) is 2.38. The van der Waals surface area contributed by atoms with E-state index in [1.54, 1.807) is 4.68 Å². The van der Waals surface area contributed by atoms with E-state index in [4.69, 9.17) is 17.3 Å². The molecule has 0 amide bonds. The van der Waals surface area contributed by atoms with E-state index in [1.807, 2.05) is 53.2 Å². The number of benzene rings is 2. The van der Waals surface area contributed by atoms with Gasteiger partial charge >= 0.3 is 0 Å². The van der Waals surface area contributed by atoms with Gasteiger partial charge in [-0.3, -0.25) is 9.47 Å². The number of nitrogens with zero attached hydrogens (tertiary/aromatic N) is 9. The van der Waals surface area contributed by atoms with Crippen molar-refractivity contribution in [2.75, 3.05) is 31.1 Å². The fraction of sp³-hybridized carbons (Fsp3) is 0.348. The van der Waals surface area contributed by atoms with E-state index in [2.05, 4.69) is 42.0 Å². The lowest BCUT2D eigenvalue weighted by molar-refractivity contribution is 0.193. The van der Waals surface area contributed by atoms with Crippen LogP contribution in [0.5, 0.6) is 0 Å². The van der Waals surface area contributed by atoms with Crippen LogP contribution in [0.2, 0.25) is 0 Å². The molecule has 0 unspecified atom stereocenters. The average Bonchev–Trinajstić information content (AvgIpc) is 3.51. The summed E-state index contributed by atoms with van der Waals surface area (Å²) in [7, 11) is 0. The monoisotopic (exact) mass is 459 g/mol. The molecule has 1 saturated carbocycles. The number of rotatable bonds is 6. The van der Waals surface area contributed by atoms with Gasteiger partial charge in [-0.25, -0.2) is 4.68 Å². The van der Waals surface area contributed by atoms with Crippen LogP contribution in [0.25, 0.3) is 11.4 Å². The van der Waals surface area contributed by atoms with Gasteiger partial charge in [0.05, 0.1) is 12.4 Å². The van der Waals surface area contributed by atoms with Crippen molar-refractivity contribution in [3.8, 4) is 11.4 Å². The minimum atomic E-state index is 0.516. The van der Waals surface area contributed by atoms with Crippen molar-refractivity contribution in [1.82, 2.24) is 39.5 Å². The summed E-state index contributed by atoms with van der Waals surface area (Å²) in [6.45, 7) is 4.15. The molecule has 4 aromatic rings. The van der Waals surface area contributed by atoms with E-state index < -0.39 is 0 Å². The van der Waals surface area contributed by atoms with E-state index in [0.29, 0.717) is 12.6 Å². The Labute approximate surface area is 196 Å². The number of tetrazole rings is 1. The Morgan fingerprint density at radius 3 is 2.18 bits per heavy atom. The molecule has 1 aliphatic heterocycles. The highest BCUT2D eigenvalue weighted by molar-refractivity contribution is 7.71. The van der Waals surface area contributed by atoms with Gasteiger partial charge in [0.1, 0.15) is 5.82 Å².